The van der Waals surface area contributed by atoms with Crippen molar-refractivity contribution in [1.82, 2.24) is 4.72 Å². The molecule has 1 fully saturated rings. The number of nitro groups is 1. The largest absolute Gasteiger partial charge is 0.364 e. The molecule has 1 heterocycles. The number of nitrogens with one attached hydrogen (secondary N) is 1. The van der Waals surface area contributed by atoms with Crippen molar-refractivity contribution in [2.45, 2.75) is 23.8 Å². The van der Waals surface area contributed by atoms with E-state index in [2.05, 4.69) is 4.72 Å². The zero-order valence-corrected chi connectivity index (χ0v) is 12.5. The van der Waals surface area contributed by atoms with Crippen molar-refractivity contribution in [3.05, 3.63) is 28.3 Å². The summed E-state index contributed by atoms with van der Waals surface area (Å²) in [6.45, 7) is 1.20. The maximum Gasteiger partial charge on any atom is 0.293 e. The van der Waals surface area contributed by atoms with Crippen LogP contribution in [-0.4, -0.2) is 39.5 Å². The van der Waals surface area contributed by atoms with Crippen LogP contribution in [0.5, 0.6) is 0 Å². The first kappa shape index (κ1) is 15.7. The first-order valence-corrected chi connectivity index (χ1v) is 8.06. The summed E-state index contributed by atoms with van der Waals surface area (Å²) in [5.41, 5.74) is 6.08. The molecule has 0 radical (unpaired) electrons. The molecule has 2 rings (SSSR count). The van der Waals surface area contributed by atoms with Gasteiger partial charge < -0.3 is 10.6 Å². The fourth-order valence-electron chi connectivity index (χ4n) is 2.43. The first-order valence-electron chi connectivity index (χ1n) is 6.57. The van der Waals surface area contributed by atoms with Crippen molar-refractivity contribution in [2.75, 3.05) is 25.0 Å². The van der Waals surface area contributed by atoms with Crippen LogP contribution < -0.4 is 15.4 Å². The number of sulfonamides is 1. The molecule has 1 saturated heterocycles. The minimum Gasteiger partial charge on any atom is -0.364 e. The summed E-state index contributed by atoms with van der Waals surface area (Å²) in [5, 5.41) is 11.2. The number of hydrogen-bond donors (Lipinski definition) is 2. The Morgan fingerprint density at radius 1 is 1.48 bits per heavy atom. The van der Waals surface area contributed by atoms with Crippen LogP contribution in [0.1, 0.15) is 12.8 Å². The lowest BCUT2D eigenvalue weighted by molar-refractivity contribution is -0.384. The highest BCUT2D eigenvalue weighted by molar-refractivity contribution is 7.89. The maximum atomic E-state index is 11.7. The van der Waals surface area contributed by atoms with Crippen LogP contribution in [-0.2, 0) is 10.0 Å². The van der Waals surface area contributed by atoms with Crippen LogP contribution in [0.3, 0.4) is 0 Å². The number of nitro benzene ring substituents is 1. The molecule has 1 aliphatic heterocycles. The first-order chi connectivity index (χ1) is 9.85. The third-order valence-electron chi connectivity index (χ3n) is 3.52. The van der Waals surface area contributed by atoms with Crippen LogP contribution in [0.25, 0.3) is 0 Å². The van der Waals surface area contributed by atoms with Gasteiger partial charge in [-0.15, -0.1) is 0 Å². The van der Waals surface area contributed by atoms with E-state index in [4.69, 9.17) is 5.73 Å². The minimum atomic E-state index is -3.71. The quantitative estimate of drug-likeness (QED) is 0.614. The van der Waals surface area contributed by atoms with E-state index >= 15 is 0 Å². The summed E-state index contributed by atoms with van der Waals surface area (Å²) < 4.78 is 25.6. The summed E-state index contributed by atoms with van der Waals surface area (Å²) in [4.78, 5) is 12.4. The Hall–Kier alpha value is -1.71. The highest BCUT2D eigenvalue weighted by atomic mass is 32.2. The van der Waals surface area contributed by atoms with Gasteiger partial charge in [0.05, 0.1) is 9.82 Å². The molecule has 0 saturated carbocycles. The molecule has 0 spiro atoms. The van der Waals surface area contributed by atoms with Crippen molar-refractivity contribution in [3.63, 3.8) is 0 Å². The van der Waals surface area contributed by atoms with Crippen molar-refractivity contribution >= 4 is 21.4 Å². The molecule has 21 heavy (non-hydrogen) atoms. The van der Waals surface area contributed by atoms with Gasteiger partial charge in [0.25, 0.3) is 5.69 Å². The number of anilines is 1. The van der Waals surface area contributed by atoms with E-state index in [0.717, 1.165) is 18.9 Å². The molecule has 116 valence electrons. The molecule has 9 heteroatoms. The van der Waals surface area contributed by atoms with E-state index in [-0.39, 0.29) is 16.6 Å². The number of rotatable bonds is 4. The van der Waals surface area contributed by atoms with E-state index in [1.54, 1.807) is 0 Å². The number of hydrogen-bond acceptors (Lipinski definition) is 6. The lowest BCUT2D eigenvalue weighted by Gasteiger charge is -2.32. The molecule has 0 aromatic heterocycles. The molecule has 1 atom stereocenters. The maximum absolute atomic E-state index is 11.7. The van der Waals surface area contributed by atoms with Crippen LogP contribution in [0.4, 0.5) is 11.4 Å². The third kappa shape index (κ3) is 3.31. The van der Waals surface area contributed by atoms with Crippen molar-refractivity contribution in [1.29, 1.82) is 0 Å². The second kappa shape index (κ2) is 5.96. The topological polar surface area (TPSA) is 119 Å². The molecule has 1 aliphatic rings. The summed E-state index contributed by atoms with van der Waals surface area (Å²) in [5.74, 6) is 0. The Morgan fingerprint density at radius 2 is 2.19 bits per heavy atom. The Balaban J connectivity index is 2.45. The Kier molecular flexibility index (Phi) is 4.45. The summed E-state index contributed by atoms with van der Waals surface area (Å²) in [6, 6.07) is 3.90. The van der Waals surface area contributed by atoms with Crippen molar-refractivity contribution in [2.24, 2.45) is 5.73 Å². The van der Waals surface area contributed by atoms with Crippen LogP contribution in [0.15, 0.2) is 23.1 Å². The van der Waals surface area contributed by atoms with Crippen LogP contribution >= 0.6 is 0 Å². The molecule has 1 unspecified atom stereocenters. The predicted octanol–water partition coefficient (Wildman–Crippen LogP) is 0.430. The van der Waals surface area contributed by atoms with Gasteiger partial charge in [0.2, 0.25) is 10.0 Å². The van der Waals surface area contributed by atoms with E-state index in [1.165, 1.54) is 19.2 Å². The highest BCUT2D eigenvalue weighted by Crippen LogP contribution is 2.32. The number of nitrogens with zero attached hydrogens (tertiary/aromatic N) is 2. The number of benzene rings is 1. The van der Waals surface area contributed by atoms with Gasteiger partial charge in [0, 0.05) is 25.2 Å². The fraction of sp³-hybridized carbons (Fsp3) is 0.500. The molecular weight excluding hydrogens is 296 g/mol. The summed E-state index contributed by atoms with van der Waals surface area (Å²) >= 11 is 0. The molecule has 1 aromatic carbocycles. The molecule has 8 nitrogen and oxygen atoms in total. The van der Waals surface area contributed by atoms with Gasteiger partial charge in [-0.1, -0.05) is 0 Å². The standard InChI is InChI=1S/C12H18N4O4S/c1-14-21(19,20)10-4-5-11(12(7-10)16(17)18)15-6-2-3-9(13)8-15/h4-5,7,9,14H,2-3,6,8,13H2,1H3. The molecular formula is C12H18N4O4S. The molecule has 3 N–H and O–H groups in total. The smallest absolute Gasteiger partial charge is 0.293 e. The molecule has 0 bridgehead atoms. The third-order valence-corrected chi connectivity index (χ3v) is 4.93. The number of piperidine rings is 1. The van der Waals surface area contributed by atoms with Gasteiger partial charge in [-0.2, -0.15) is 0 Å². The Bertz CT molecular complexity index is 647. The van der Waals surface area contributed by atoms with Gasteiger partial charge in [-0.25, -0.2) is 13.1 Å². The average Bonchev–Trinajstić information content (AvgIpc) is 2.46. The normalized spacial score (nSPS) is 19.5. The van der Waals surface area contributed by atoms with Crippen LogP contribution in [0, 0.1) is 10.1 Å². The van der Waals surface area contributed by atoms with E-state index in [1.807, 2.05) is 4.90 Å². The zero-order chi connectivity index (χ0) is 15.6. The second-order valence-corrected chi connectivity index (χ2v) is 6.85. The lowest BCUT2D eigenvalue weighted by Crippen LogP contribution is -2.43. The second-order valence-electron chi connectivity index (χ2n) is 4.96. The van der Waals surface area contributed by atoms with E-state index in [9.17, 15) is 18.5 Å². The van der Waals surface area contributed by atoms with Gasteiger partial charge in [-0.05, 0) is 32.0 Å². The van der Waals surface area contributed by atoms with Gasteiger partial charge >= 0.3 is 0 Å². The van der Waals surface area contributed by atoms with Crippen molar-refractivity contribution in [3.8, 4) is 0 Å². The Labute approximate surface area is 123 Å². The highest BCUT2D eigenvalue weighted by Gasteiger charge is 2.26. The molecule has 0 aliphatic carbocycles. The van der Waals surface area contributed by atoms with Gasteiger partial charge in [0.15, 0.2) is 0 Å². The Morgan fingerprint density at radius 3 is 2.76 bits per heavy atom. The van der Waals surface area contributed by atoms with E-state index < -0.39 is 14.9 Å². The van der Waals surface area contributed by atoms with Crippen molar-refractivity contribution < 1.29 is 13.3 Å². The predicted molar refractivity (Wildman–Crippen MR) is 78.8 cm³/mol. The molecule has 1 aromatic rings. The zero-order valence-electron chi connectivity index (χ0n) is 11.7. The van der Waals surface area contributed by atoms with Crippen LogP contribution in [0.2, 0.25) is 0 Å². The fourth-order valence-corrected chi connectivity index (χ4v) is 3.18. The monoisotopic (exact) mass is 314 g/mol. The minimum absolute atomic E-state index is 0.0286. The summed E-state index contributed by atoms with van der Waals surface area (Å²) in [6.07, 6.45) is 1.74. The van der Waals surface area contributed by atoms with Gasteiger partial charge in [0.1, 0.15) is 5.69 Å². The molecule has 0 amide bonds. The number of nitrogens with two attached hydrogens (primary N) is 1. The summed E-state index contributed by atoms with van der Waals surface area (Å²) in [7, 11) is -2.45. The lowest BCUT2D eigenvalue weighted by atomic mass is 10.1. The van der Waals surface area contributed by atoms with E-state index in [0.29, 0.717) is 18.8 Å². The SMILES string of the molecule is CNS(=O)(=O)c1ccc(N2CCCC(N)C2)c([N+](=O)[O-])c1. The average molecular weight is 314 g/mol. The van der Waals surface area contributed by atoms with Gasteiger partial charge in [-0.3, -0.25) is 10.1 Å².